The highest BCUT2D eigenvalue weighted by Gasteiger charge is 2.69. The number of esters is 2. The maximum absolute atomic E-state index is 12.0. The zero-order chi connectivity index (χ0) is 18.1. The second-order valence-corrected chi connectivity index (χ2v) is 7.34. The van der Waals surface area contributed by atoms with Crippen molar-refractivity contribution in [1.82, 2.24) is 0 Å². The molecule has 1 aromatic carbocycles. The molecule has 1 saturated carbocycles. The molecule has 0 bridgehead atoms. The molecule has 1 N–H and O–H groups in total. The summed E-state index contributed by atoms with van der Waals surface area (Å²) in [4.78, 5) is 35.4. The Morgan fingerprint density at radius 3 is 2.46 bits per heavy atom. The molecule has 0 aliphatic heterocycles. The molecule has 24 heavy (non-hydrogen) atoms. The van der Waals surface area contributed by atoms with E-state index >= 15 is 0 Å². The molecule has 130 valence electrons. The van der Waals surface area contributed by atoms with E-state index in [0.29, 0.717) is 11.3 Å². The third kappa shape index (κ3) is 3.65. The zero-order valence-corrected chi connectivity index (χ0v) is 15.0. The molecule has 0 spiro atoms. The number of rotatable bonds is 5. The summed E-state index contributed by atoms with van der Waals surface area (Å²) in [6.45, 7) is 2.88. The highest BCUT2D eigenvalue weighted by atomic mass is 35.5. The van der Waals surface area contributed by atoms with Crippen molar-refractivity contribution in [2.24, 2.45) is 5.41 Å². The van der Waals surface area contributed by atoms with Gasteiger partial charge in [-0.15, -0.1) is 23.2 Å². The number of amides is 1. The smallest absolute Gasteiger partial charge is 0.337 e. The number of carbonyl (C=O) groups is 3. The molecular formula is C16H17Cl2NO5. The van der Waals surface area contributed by atoms with Crippen LogP contribution in [0.25, 0.3) is 0 Å². The fraction of sp³-hybridized carbons (Fsp3) is 0.438. The number of methoxy groups -OCH3 is 1. The number of ether oxygens (including phenoxy) is 2. The fourth-order valence-corrected chi connectivity index (χ4v) is 2.79. The van der Waals surface area contributed by atoms with E-state index in [1.165, 1.54) is 13.2 Å². The van der Waals surface area contributed by atoms with E-state index in [0.717, 1.165) is 5.56 Å². The molecule has 1 aliphatic rings. The van der Waals surface area contributed by atoms with Crippen molar-refractivity contribution in [3.63, 3.8) is 0 Å². The first kappa shape index (κ1) is 18.5. The first-order valence-electron chi connectivity index (χ1n) is 7.14. The van der Waals surface area contributed by atoms with Crippen LogP contribution in [0.2, 0.25) is 0 Å². The number of hydrogen-bond donors (Lipinski definition) is 1. The summed E-state index contributed by atoms with van der Waals surface area (Å²) in [5, 5.41) is 2.59. The SMILES string of the molecule is COC(=O)c1ccc(C)c(NC(=O)COC(=O)[C@@]2(C)CC2(Cl)Cl)c1. The molecule has 0 aromatic heterocycles. The molecule has 0 unspecified atom stereocenters. The molecular weight excluding hydrogens is 357 g/mol. The number of hydrogen-bond acceptors (Lipinski definition) is 5. The van der Waals surface area contributed by atoms with Gasteiger partial charge in [0.05, 0.1) is 12.7 Å². The molecule has 1 aromatic rings. The minimum Gasteiger partial charge on any atom is -0.465 e. The first-order chi connectivity index (χ1) is 11.1. The Balaban J connectivity index is 1.95. The van der Waals surface area contributed by atoms with Gasteiger partial charge >= 0.3 is 11.9 Å². The molecule has 2 rings (SSSR count). The van der Waals surface area contributed by atoms with E-state index in [4.69, 9.17) is 27.9 Å². The van der Waals surface area contributed by atoms with Gasteiger partial charge in [0.1, 0.15) is 9.75 Å². The average Bonchev–Trinajstić information content (AvgIpc) is 3.06. The Hall–Kier alpha value is -1.79. The van der Waals surface area contributed by atoms with Crippen LogP contribution in [0.15, 0.2) is 18.2 Å². The summed E-state index contributed by atoms with van der Waals surface area (Å²) in [6.07, 6.45) is 0.282. The lowest BCUT2D eigenvalue weighted by molar-refractivity contribution is -0.152. The highest BCUT2D eigenvalue weighted by Crippen LogP contribution is 2.64. The molecule has 1 aliphatic carbocycles. The van der Waals surface area contributed by atoms with E-state index in [1.807, 2.05) is 0 Å². The third-order valence-electron chi connectivity index (χ3n) is 3.98. The largest absolute Gasteiger partial charge is 0.465 e. The van der Waals surface area contributed by atoms with E-state index in [2.05, 4.69) is 10.1 Å². The van der Waals surface area contributed by atoms with Crippen molar-refractivity contribution < 1.29 is 23.9 Å². The van der Waals surface area contributed by atoms with Crippen LogP contribution in [0, 0.1) is 12.3 Å². The number of halogens is 2. The van der Waals surface area contributed by atoms with Gasteiger partial charge in [-0.1, -0.05) is 6.07 Å². The Morgan fingerprint density at radius 2 is 1.92 bits per heavy atom. The van der Waals surface area contributed by atoms with Crippen LogP contribution in [0.5, 0.6) is 0 Å². The first-order valence-corrected chi connectivity index (χ1v) is 7.90. The van der Waals surface area contributed by atoms with Gasteiger partial charge < -0.3 is 14.8 Å². The van der Waals surface area contributed by atoms with Crippen LogP contribution >= 0.6 is 23.2 Å². The quantitative estimate of drug-likeness (QED) is 0.633. The Kier molecular flexibility index (Phi) is 5.11. The molecule has 1 fully saturated rings. The average molecular weight is 374 g/mol. The van der Waals surface area contributed by atoms with E-state index < -0.39 is 34.2 Å². The molecule has 1 amide bonds. The van der Waals surface area contributed by atoms with Crippen LogP contribution in [0.4, 0.5) is 5.69 Å². The van der Waals surface area contributed by atoms with Gasteiger partial charge in [0.25, 0.3) is 5.91 Å². The minimum absolute atomic E-state index is 0.282. The van der Waals surface area contributed by atoms with E-state index in [9.17, 15) is 14.4 Å². The summed E-state index contributed by atoms with van der Waals surface area (Å²) in [6, 6.07) is 4.76. The van der Waals surface area contributed by atoms with Gasteiger partial charge in [0.2, 0.25) is 0 Å². The van der Waals surface area contributed by atoms with E-state index in [1.54, 1.807) is 26.0 Å². The van der Waals surface area contributed by atoms with Crippen molar-refractivity contribution in [3.05, 3.63) is 29.3 Å². The van der Waals surface area contributed by atoms with Crippen LogP contribution in [-0.2, 0) is 19.1 Å². The summed E-state index contributed by atoms with van der Waals surface area (Å²) in [5.41, 5.74) is 0.490. The lowest BCUT2D eigenvalue weighted by atomic mass is 10.1. The predicted octanol–water partition coefficient (Wildman–Crippen LogP) is 2.85. The van der Waals surface area contributed by atoms with E-state index in [-0.39, 0.29) is 6.42 Å². The van der Waals surface area contributed by atoms with Gasteiger partial charge in [-0.2, -0.15) is 0 Å². The number of aryl methyl sites for hydroxylation is 1. The second-order valence-electron chi connectivity index (χ2n) is 5.86. The monoisotopic (exact) mass is 373 g/mol. The fourth-order valence-electron chi connectivity index (χ4n) is 2.10. The van der Waals surface area contributed by atoms with Crippen molar-refractivity contribution >= 4 is 46.7 Å². The topological polar surface area (TPSA) is 81.7 Å². The summed E-state index contributed by atoms with van der Waals surface area (Å²) in [7, 11) is 1.27. The summed E-state index contributed by atoms with van der Waals surface area (Å²) in [5.74, 6) is -1.67. The second kappa shape index (κ2) is 6.61. The molecule has 0 saturated heterocycles. The van der Waals surface area contributed by atoms with Gasteiger partial charge in [0.15, 0.2) is 6.61 Å². The minimum atomic E-state index is -1.15. The molecule has 0 radical (unpaired) electrons. The number of nitrogens with one attached hydrogen (secondary N) is 1. The number of alkyl halides is 2. The normalized spacial score (nSPS) is 20.9. The predicted molar refractivity (Wildman–Crippen MR) is 89.3 cm³/mol. The number of carbonyl (C=O) groups excluding carboxylic acids is 3. The van der Waals surface area contributed by atoms with Crippen molar-refractivity contribution in [2.45, 2.75) is 24.6 Å². The Bertz CT molecular complexity index is 704. The standard InChI is InChI=1S/C16H17Cl2NO5/c1-9-4-5-10(13(21)23-3)6-11(9)19-12(20)7-24-14(22)15(2)8-16(15,17)18/h4-6H,7-8H2,1-3H3,(H,19,20)/t15-/m1/s1. The molecule has 6 nitrogen and oxygen atoms in total. The molecule has 8 heteroatoms. The van der Waals surface area contributed by atoms with Crippen LogP contribution in [-0.4, -0.2) is 35.9 Å². The summed E-state index contributed by atoms with van der Waals surface area (Å²) < 4.78 is 8.45. The lowest BCUT2D eigenvalue weighted by Gasteiger charge is -2.13. The van der Waals surface area contributed by atoms with Gasteiger partial charge in [0, 0.05) is 12.1 Å². The van der Waals surface area contributed by atoms with Crippen molar-refractivity contribution in [1.29, 1.82) is 0 Å². The van der Waals surface area contributed by atoms with Crippen molar-refractivity contribution in [2.75, 3.05) is 19.0 Å². The third-order valence-corrected chi connectivity index (χ3v) is 5.08. The van der Waals surface area contributed by atoms with Gasteiger partial charge in [-0.25, -0.2) is 4.79 Å². The van der Waals surface area contributed by atoms with Gasteiger partial charge in [-0.3, -0.25) is 9.59 Å². The maximum Gasteiger partial charge on any atom is 0.337 e. The highest BCUT2D eigenvalue weighted by molar-refractivity contribution is 6.53. The molecule has 0 heterocycles. The zero-order valence-electron chi connectivity index (χ0n) is 13.4. The Morgan fingerprint density at radius 1 is 1.29 bits per heavy atom. The maximum atomic E-state index is 12.0. The number of benzene rings is 1. The van der Waals surface area contributed by atoms with Crippen molar-refractivity contribution in [3.8, 4) is 0 Å². The van der Waals surface area contributed by atoms with Crippen LogP contribution in [0.3, 0.4) is 0 Å². The summed E-state index contributed by atoms with van der Waals surface area (Å²) >= 11 is 11.8. The Labute approximate surface area is 149 Å². The molecule has 1 atom stereocenters. The van der Waals surface area contributed by atoms with Crippen LogP contribution in [0.1, 0.15) is 29.3 Å². The lowest BCUT2D eigenvalue weighted by Crippen LogP contribution is -2.27. The van der Waals surface area contributed by atoms with Crippen LogP contribution < -0.4 is 5.32 Å². The van der Waals surface area contributed by atoms with Gasteiger partial charge in [-0.05, 0) is 31.5 Å². The number of anilines is 1.